The van der Waals surface area contributed by atoms with Crippen molar-refractivity contribution in [2.75, 3.05) is 6.61 Å². The molecule has 5 fully saturated rings. The van der Waals surface area contributed by atoms with Gasteiger partial charge < -0.3 is 29.2 Å². The van der Waals surface area contributed by atoms with Crippen molar-refractivity contribution in [3.63, 3.8) is 0 Å². The molecule has 0 bridgehead atoms. The fraction of sp³-hybridized carbons (Fsp3) is 0.541. The predicted molar refractivity (Wildman–Crippen MR) is 163 cm³/mol. The highest BCUT2D eigenvalue weighted by molar-refractivity contribution is 5.90. The fourth-order valence-corrected chi connectivity index (χ4v) is 10.7. The van der Waals surface area contributed by atoms with E-state index in [0.717, 1.165) is 5.57 Å². The molecule has 0 amide bonds. The van der Waals surface area contributed by atoms with E-state index in [2.05, 4.69) is 6.92 Å². The zero-order valence-corrected chi connectivity index (χ0v) is 26.0. The van der Waals surface area contributed by atoms with Crippen LogP contribution in [0.4, 0.5) is 0 Å². The van der Waals surface area contributed by atoms with Crippen LogP contribution < -0.4 is 0 Å². The number of rotatable bonds is 5. The molecular formula is C37H40O9. The van der Waals surface area contributed by atoms with Crippen LogP contribution in [0, 0.1) is 34.5 Å². The van der Waals surface area contributed by atoms with Crippen LogP contribution >= 0.6 is 0 Å². The van der Waals surface area contributed by atoms with E-state index in [0.29, 0.717) is 43.2 Å². The third-order valence-electron chi connectivity index (χ3n) is 12.9. The summed E-state index contributed by atoms with van der Waals surface area (Å²) in [6, 6.07) is 17.7. The molecule has 12 atom stereocenters. The highest BCUT2D eigenvalue weighted by Gasteiger charge is 2.82. The van der Waals surface area contributed by atoms with Gasteiger partial charge in [0.15, 0.2) is 0 Å². The molecule has 1 saturated heterocycles. The predicted octanol–water partition coefficient (Wildman–Crippen LogP) is 4.26. The van der Waals surface area contributed by atoms with E-state index in [1.165, 1.54) is 6.08 Å². The van der Waals surface area contributed by atoms with E-state index in [1.54, 1.807) is 36.4 Å². The molecule has 242 valence electrons. The second kappa shape index (κ2) is 10.5. The van der Waals surface area contributed by atoms with Crippen LogP contribution in [0.1, 0.15) is 66.7 Å². The highest BCUT2D eigenvalue weighted by atomic mass is 16.6. The first kappa shape index (κ1) is 29.8. The maximum absolute atomic E-state index is 13.7. The number of hydrogen-bond acceptors (Lipinski definition) is 9. The third kappa shape index (κ3) is 4.07. The first-order chi connectivity index (χ1) is 22.1. The van der Waals surface area contributed by atoms with Crippen LogP contribution in [0.3, 0.4) is 0 Å². The van der Waals surface area contributed by atoms with Crippen molar-refractivity contribution < 1.29 is 43.5 Å². The van der Waals surface area contributed by atoms with Gasteiger partial charge in [0.2, 0.25) is 0 Å². The second-order valence-corrected chi connectivity index (χ2v) is 14.7. The lowest BCUT2D eigenvalue weighted by atomic mass is 9.41. The summed E-state index contributed by atoms with van der Waals surface area (Å²) in [5, 5.41) is 25.5. The summed E-state index contributed by atoms with van der Waals surface area (Å²) < 4.78 is 24.4. The number of aliphatic hydroxyl groups is 2. The number of aliphatic hydroxyl groups excluding tert-OH is 1. The number of hydrogen-bond donors (Lipinski definition) is 2. The lowest BCUT2D eigenvalue weighted by Gasteiger charge is -2.65. The number of carbonyl (C=O) groups excluding carboxylic acids is 3. The monoisotopic (exact) mass is 628 g/mol. The molecule has 6 aliphatic rings. The minimum absolute atomic E-state index is 0.0392. The molecule has 46 heavy (non-hydrogen) atoms. The average molecular weight is 629 g/mol. The van der Waals surface area contributed by atoms with E-state index in [4.69, 9.17) is 18.9 Å². The normalized spacial score (nSPS) is 43.6. The van der Waals surface area contributed by atoms with Gasteiger partial charge in [-0.25, -0.2) is 14.4 Å². The van der Waals surface area contributed by atoms with Gasteiger partial charge in [0, 0.05) is 23.3 Å². The largest absolute Gasteiger partial charge is 0.459 e. The molecule has 2 aliphatic heterocycles. The molecule has 0 unspecified atom stereocenters. The SMILES string of the molecule is C[C@]12CC[C@H](OC(=O)c3ccccc3)C[C@@H]1C[C@@H]1O[C@@H]3C[C@H](C4=CC(=O)OC4)[C@]4(C)[C@H](O)[C@@H](OC(=O)c5ccccc5)[C@@H]2[C@@H]1[C@@]34O. The Morgan fingerprint density at radius 3 is 2.17 bits per heavy atom. The van der Waals surface area contributed by atoms with Crippen LogP contribution in [-0.2, 0) is 23.7 Å². The van der Waals surface area contributed by atoms with Gasteiger partial charge >= 0.3 is 17.9 Å². The Hall–Kier alpha value is -3.53. The number of esters is 3. The molecule has 9 nitrogen and oxygen atoms in total. The number of carbonyl (C=O) groups is 3. The first-order valence-electron chi connectivity index (χ1n) is 16.5. The molecule has 9 heteroatoms. The third-order valence-corrected chi connectivity index (χ3v) is 12.9. The van der Waals surface area contributed by atoms with E-state index in [-0.39, 0.29) is 30.7 Å². The van der Waals surface area contributed by atoms with Crippen molar-refractivity contribution in [3.05, 3.63) is 83.4 Å². The summed E-state index contributed by atoms with van der Waals surface area (Å²) >= 11 is 0. The van der Waals surface area contributed by atoms with Crippen LogP contribution in [0.5, 0.6) is 0 Å². The number of fused-ring (bicyclic) bond motifs is 2. The lowest BCUT2D eigenvalue weighted by molar-refractivity contribution is -0.276. The molecular weight excluding hydrogens is 588 g/mol. The van der Waals surface area contributed by atoms with Gasteiger partial charge in [-0.3, -0.25) is 0 Å². The minimum Gasteiger partial charge on any atom is -0.459 e. The van der Waals surface area contributed by atoms with Gasteiger partial charge in [-0.15, -0.1) is 0 Å². The Morgan fingerprint density at radius 1 is 0.891 bits per heavy atom. The molecule has 0 radical (unpaired) electrons. The van der Waals surface area contributed by atoms with Gasteiger partial charge in [0.1, 0.15) is 30.5 Å². The van der Waals surface area contributed by atoms with Crippen molar-refractivity contribution >= 4 is 17.9 Å². The standard InChI is InChI=1S/C37H40O9/c1-35-14-13-24(44-33(40)20-9-5-3-6-10-20)16-23(35)17-26-29-30(35)31(46-34(41)21-11-7-4-8-12-21)32(39)36(2)25(22-15-28(38)43-19-22)18-27(45-26)37(29,36)42/h3-12,15,23-27,29-32,39,42H,13-14,16-19H2,1-2H3/t23-,24+,25-,26+,27-,29-,30+,31+,32-,35+,36-,37+/m1/s1. The zero-order chi connectivity index (χ0) is 32.0. The summed E-state index contributed by atoms with van der Waals surface area (Å²) in [6.45, 7) is 4.15. The first-order valence-corrected chi connectivity index (χ1v) is 16.5. The van der Waals surface area contributed by atoms with Gasteiger partial charge in [-0.1, -0.05) is 50.2 Å². The summed E-state index contributed by atoms with van der Waals surface area (Å²) in [5.41, 5.74) is -1.41. The number of ether oxygens (including phenoxy) is 4. The van der Waals surface area contributed by atoms with Crippen molar-refractivity contribution in [3.8, 4) is 0 Å². The van der Waals surface area contributed by atoms with E-state index < -0.39 is 64.4 Å². The van der Waals surface area contributed by atoms with Crippen LogP contribution in [0.15, 0.2) is 72.3 Å². The Kier molecular flexibility index (Phi) is 6.81. The fourth-order valence-electron chi connectivity index (χ4n) is 10.7. The molecule has 2 aromatic carbocycles. The Labute approximate surface area is 267 Å². The second-order valence-electron chi connectivity index (χ2n) is 14.7. The Balaban J connectivity index is 1.17. The van der Waals surface area contributed by atoms with Gasteiger partial charge in [0.05, 0.1) is 23.3 Å². The Morgan fingerprint density at radius 2 is 1.54 bits per heavy atom. The van der Waals surface area contributed by atoms with Crippen molar-refractivity contribution in [1.29, 1.82) is 0 Å². The van der Waals surface area contributed by atoms with Crippen molar-refractivity contribution in [1.82, 2.24) is 0 Å². The smallest absolute Gasteiger partial charge is 0.338 e. The molecule has 0 aromatic heterocycles. The molecule has 2 N–H and O–H groups in total. The summed E-state index contributed by atoms with van der Waals surface area (Å²) in [4.78, 5) is 38.8. The maximum Gasteiger partial charge on any atom is 0.338 e. The topological polar surface area (TPSA) is 129 Å². The zero-order valence-electron chi connectivity index (χ0n) is 26.0. The molecule has 0 spiro atoms. The molecule has 4 aliphatic carbocycles. The molecule has 8 rings (SSSR count). The quantitative estimate of drug-likeness (QED) is 0.369. The van der Waals surface area contributed by atoms with Crippen LogP contribution in [-0.4, -0.2) is 70.8 Å². The molecule has 4 saturated carbocycles. The summed E-state index contributed by atoms with van der Waals surface area (Å²) in [6.07, 6.45) is 1.08. The van der Waals surface area contributed by atoms with Crippen molar-refractivity contribution in [2.45, 2.75) is 82.1 Å². The van der Waals surface area contributed by atoms with Gasteiger partial charge in [-0.2, -0.15) is 0 Å². The van der Waals surface area contributed by atoms with Crippen LogP contribution in [0.25, 0.3) is 0 Å². The number of cyclic esters (lactones) is 1. The van der Waals surface area contributed by atoms with E-state index in [1.807, 2.05) is 31.2 Å². The molecule has 2 aromatic rings. The van der Waals surface area contributed by atoms with E-state index in [9.17, 15) is 24.6 Å². The molecule has 2 heterocycles. The minimum atomic E-state index is -1.42. The van der Waals surface area contributed by atoms with Gasteiger partial charge in [0.25, 0.3) is 0 Å². The lowest BCUT2D eigenvalue weighted by Crippen LogP contribution is -2.74. The average Bonchev–Trinajstić information content (AvgIpc) is 3.68. The van der Waals surface area contributed by atoms with Crippen LogP contribution in [0.2, 0.25) is 0 Å². The number of benzene rings is 2. The van der Waals surface area contributed by atoms with E-state index >= 15 is 0 Å². The van der Waals surface area contributed by atoms with Crippen molar-refractivity contribution in [2.24, 2.45) is 34.5 Å². The summed E-state index contributed by atoms with van der Waals surface area (Å²) in [5.74, 6) is -2.50. The summed E-state index contributed by atoms with van der Waals surface area (Å²) in [7, 11) is 0. The van der Waals surface area contributed by atoms with Gasteiger partial charge in [-0.05, 0) is 79.2 Å². The Bertz CT molecular complexity index is 1590. The maximum atomic E-state index is 13.7. The highest BCUT2D eigenvalue weighted by Crippen LogP contribution is 2.73.